The second kappa shape index (κ2) is 7.98. The standard InChI is InChI=1S/C24H23FN4O2/c1-16-5-4-7-22-27-20(15-29(16)22)24(30)28-12-3-2-6-21(28)23-26-14-19(31-23)13-17-8-10-18(25)11-9-17/h4-5,7-11,14-15,21H,2-3,6,12-13H2,1H3/t21-/m0/s1. The molecule has 5 rings (SSSR count). The maximum Gasteiger partial charge on any atom is 0.274 e. The average molecular weight is 418 g/mol. The number of imidazole rings is 1. The Bertz CT molecular complexity index is 1230. The van der Waals surface area contributed by atoms with Crippen LogP contribution < -0.4 is 0 Å². The van der Waals surface area contributed by atoms with Gasteiger partial charge in [0.25, 0.3) is 5.91 Å². The number of likely N-dealkylation sites (tertiary alicyclic amines) is 1. The molecule has 3 aromatic heterocycles. The molecule has 1 atom stereocenters. The van der Waals surface area contributed by atoms with Crippen molar-refractivity contribution in [3.8, 4) is 0 Å². The Labute approximate surface area is 179 Å². The van der Waals surface area contributed by atoms with Crippen LogP contribution in [0.2, 0.25) is 0 Å². The number of oxazole rings is 1. The summed E-state index contributed by atoms with van der Waals surface area (Å²) in [5.74, 6) is 0.875. The van der Waals surface area contributed by atoms with Gasteiger partial charge >= 0.3 is 0 Å². The number of carbonyl (C=O) groups is 1. The first-order valence-electron chi connectivity index (χ1n) is 10.5. The molecule has 0 aliphatic carbocycles. The van der Waals surface area contributed by atoms with Crippen molar-refractivity contribution >= 4 is 11.6 Å². The zero-order valence-electron chi connectivity index (χ0n) is 17.3. The third-order valence-electron chi connectivity index (χ3n) is 5.83. The van der Waals surface area contributed by atoms with Crippen LogP contribution >= 0.6 is 0 Å². The Balaban J connectivity index is 1.39. The number of fused-ring (bicyclic) bond motifs is 1. The van der Waals surface area contributed by atoms with E-state index < -0.39 is 0 Å². The Morgan fingerprint density at radius 3 is 2.84 bits per heavy atom. The number of nitrogens with zero attached hydrogens (tertiary/aromatic N) is 4. The number of carbonyl (C=O) groups excluding carboxylic acids is 1. The van der Waals surface area contributed by atoms with Gasteiger partial charge in [-0.2, -0.15) is 0 Å². The number of rotatable bonds is 4. The first-order chi connectivity index (χ1) is 15.1. The Morgan fingerprint density at radius 1 is 1.19 bits per heavy atom. The summed E-state index contributed by atoms with van der Waals surface area (Å²) in [5.41, 5.74) is 3.16. The van der Waals surface area contributed by atoms with Crippen LogP contribution in [-0.4, -0.2) is 31.7 Å². The molecule has 0 bridgehead atoms. The van der Waals surface area contributed by atoms with Crippen LogP contribution in [0.15, 0.2) is 59.3 Å². The van der Waals surface area contributed by atoms with Crippen LogP contribution in [0.1, 0.15) is 58.7 Å². The van der Waals surface area contributed by atoms with Crippen molar-refractivity contribution in [1.82, 2.24) is 19.3 Å². The molecule has 6 nitrogen and oxygen atoms in total. The van der Waals surface area contributed by atoms with E-state index >= 15 is 0 Å². The summed E-state index contributed by atoms with van der Waals surface area (Å²) in [7, 11) is 0. The first kappa shape index (κ1) is 19.5. The quantitative estimate of drug-likeness (QED) is 0.481. The highest BCUT2D eigenvalue weighted by molar-refractivity contribution is 5.93. The van der Waals surface area contributed by atoms with E-state index in [1.807, 2.05) is 34.4 Å². The summed E-state index contributed by atoms with van der Waals surface area (Å²) < 4.78 is 21.1. The molecular formula is C24H23FN4O2. The molecule has 0 N–H and O–H groups in total. The maximum absolute atomic E-state index is 13.3. The van der Waals surface area contributed by atoms with Crippen LogP contribution in [0, 0.1) is 12.7 Å². The van der Waals surface area contributed by atoms with Crippen LogP contribution in [-0.2, 0) is 6.42 Å². The van der Waals surface area contributed by atoms with E-state index in [0.29, 0.717) is 30.3 Å². The van der Waals surface area contributed by atoms with Crippen molar-refractivity contribution in [2.75, 3.05) is 6.54 Å². The van der Waals surface area contributed by atoms with Crippen LogP contribution in [0.25, 0.3) is 5.65 Å². The molecule has 0 saturated carbocycles. The first-order valence-corrected chi connectivity index (χ1v) is 10.5. The highest BCUT2D eigenvalue weighted by Gasteiger charge is 2.33. The molecular weight excluding hydrogens is 395 g/mol. The lowest BCUT2D eigenvalue weighted by Crippen LogP contribution is -2.38. The van der Waals surface area contributed by atoms with E-state index in [1.165, 1.54) is 12.1 Å². The molecule has 31 heavy (non-hydrogen) atoms. The minimum Gasteiger partial charge on any atom is -0.443 e. The molecule has 1 fully saturated rings. The van der Waals surface area contributed by atoms with Gasteiger partial charge in [-0.25, -0.2) is 14.4 Å². The fourth-order valence-corrected chi connectivity index (χ4v) is 4.19. The second-order valence-electron chi connectivity index (χ2n) is 8.00. The van der Waals surface area contributed by atoms with Crippen molar-refractivity contribution in [2.45, 2.75) is 38.6 Å². The van der Waals surface area contributed by atoms with Gasteiger partial charge in [0, 0.05) is 24.9 Å². The number of hydrogen-bond acceptors (Lipinski definition) is 4. The predicted octanol–water partition coefficient (Wildman–Crippen LogP) is 4.73. The van der Waals surface area contributed by atoms with Crippen molar-refractivity contribution in [3.05, 3.63) is 89.3 Å². The lowest BCUT2D eigenvalue weighted by atomic mass is 10.0. The largest absolute Gasteiger partial charge is 0.443 e. The normalized spacial score (nSPS) is 16.7. The van der Waals surface area contributed by atoms with Gasteiger partial charge in [0.05, 0.1) is 6.20 Å². The van der Waals surface area contributed by atoms with Gasteiger partial charge in [-0.05, 0) is 56.0 Å². The minimum absolute atomic E-state index is 0.105. The second-order valence-corrected chi connectivity index (χ2v) is 8.00. The number of hydrogen-bond donors (Lipinski definition) is 0. The molecule has 0 unspecified atom stereocenters. The molecule has 1 amide bonds. The SMILES string of the molecule is Cc1cccc2nc(C(=O)N3CCCC[C@H]3c3ncc(Cc4ccc(F)cc4)o3)cn12. The summed E-state index contributed by atoms with van der Waals surface area (Å²) >= 11 is 0. The van der Waals surface area contributed by atoms with Crippen molar-refractivity contribution < 1.29 is 13.6 Å². The van der Waals surface area contributed by atoms with Crippen LogP contribution in [0.5, 0.6) is 0 Å². The predicted molar refractivity (Wildman–Crippen MR) is 113 cm³/mol. The molecule has 0 spiro atoms. The lowest BCUT2D eigenvalue weighted by molar-refractivity contribution is 0.0564. The molecule has 7 heteroatoms. The third-order valence-corrected chi connectivity index (χ3v) is 5.83. The summed E-state index contributed by atoms with van der Waals surface area (Å²) in [5, 5.41) is 0. The number of benzene rings is 1. The Hall–Kier alpha value is -3.48. The molecule has 4 heterocycles. The Morgan fingerprint density at radius 2 is 2.03 bits per heavy atom. The molecule has 158 valence electrons. The smallest absolute Gasteiger partial charge is 0.274 e. The zero-order valence-corrected chi connectivity index (χ0v) is 17.3. The van der Waals surface area contributed by atoms with E-state index in [-0.39, 0.29) is 17.8 Å². The van der Waals surface area contributed by atoms with Crippen molar-refractivity contribution in [1.29, 1.82) is 0 Å². The zero-order chi connectivity index (χ0) is 21.4. The number of aryl methyl sites for hydroxylation is 1. The van der Waals surface area contributed by atoms with Crippen LogP contribution in [0.4, 0.5) is 4.39 Å². The van der Waals surface area contributed by atoms with E-state index in [4.69, 9.17) is 4.42 Å². The van der Waals surface area contributed by atoms with Crippen molar-refractivity contribution in [2.24, 2.45) is 0 Å². The van der Waals surface area contributed by atoms with Gasteiger partial charge in [0.1, 0.15) is 29.0 Å². The minimum atomic E-state index is -0.263. The lowest BCUT2D eigenvalue weighted by Gasteiger charge is -2.33. The summed E-state index contributed by atoms with van der Waals surface area (Å²) in [4.78, 5) is 24.2. The van der Waals surface area contributed by atoms with E-state index in [0.717, 1.165) is 36.2 Å². The number of aromatic nitrogens is 3. The van der Waals surface area contributed by atoms with Gasteiger partial charge in [0.2, 0.25) is 5.89 Å². The number of piperidine rings is 1. The van der Waals surface area contributed by atoms with Crippen molar-refractivity contribution in [3.63, 3.8) is 0 Å². The van der Waals surface area contributed by atoms with Crippen LogP contribution in [0.3, 0.4) is 0 Å². The fourth-order valence-electron chi connectivity index (χ4n) is 4.19. The fraction of sp³-hybridized carbons (Fsp3) is 0.292. The summed E-state index contributed by atoms with van der Waals surface area (Å²) in [6, 6.07) is 11.9. The van der Waals surface area contributed by atoms with Gasteiger partial charge in [0.15, 0.2) is 0 Å². The summed E-state index contributed by atoms with van der Waals surface area (Å²) in [6.07, 6.45) is 6.78. The average Bonchev–Trinajstić information content (AvgIpc) is 3.43. The molecule has 1 aliphatic heterocycles. The highest BCUT2D eigenvalue weighted by Crippen LogP contribution is 2.32. The van der Waals surface area contributed by atoms with Gasteiger partial charge < -0.3 is 13.7 Å². The molecule has 4 aromatic rings. The maximum atomic E-state index is 13.3. The molecule has 1 aromatic carbocycles. The van der Waals surface area contributed by atoms with E-state index in [9.17, 15) is 9.18 Å². The topological polar surface area (TPSA) is 63.6 Å². The molecule has 1 saturated heterocycles. The summed E-state index contributed by atoms with van der Waals surface area (Å²) in [6.45, 7) is 2.63. The van der Waals surface area contributed by atoms with Gasteiger partial charge in [-0.3, -0.25) is 4.79 Å². The van der Waals surface area contributed by atoms with E-state index in [1.54, 1.807) is 24.5 Å². The molecule has 1 aliphatic rings. The number of pyridine rings is 1. The highest BCUT2D eigenvalue weighted by atomic mass is 19.1. The third kappa shape index (κ3) is 3.83. The van der Waals surface area contributed by atoms with E-state index in [2.05, 4.69) is 9.97 Å². The molecule has 0 radical (unpaired) electrons. The monoisotopic (exact) mass is 418 g/mol. The van der Waals surface area contributed by atoms with Gasteiger partial charge in [-0.15, -0.1) is 0 Å². The number of amides is 1. The number of halogens is 1. The van der Waals surface area contributed by atoms with Gasteiger partial charge in [-0.1, -0.05) is 18.2 Å². The Kier molecular flexibility index (Phi) is 5.02.